The van der Waals surface area contributed by atoms with Crippen molar-refractivity contribution in [3.05, 3.63) is 24.2 Å². The molecular formula is C13H21NO. The van der Waals surface area contributed by atoms with Crippen molar-refractivity contribution in [2.75, 3.05) is 7.05 Å². The first-order chi connectivity index (χ1) is 7.32. The average Bonchev–Trinajstić information content (AvgIpc) is 2.90. The zero-order valence-corrected chi connectivity index (χ0v) is 9.75. The molecule has 1 saturated carbocycles. The first-order valence-electron chi connectivity index (χ1n) is 6.03. The van der Waals surface area contributed by atoms with Crippen LogP contribution in [0.25, 0.3) is 0 Å². The molecule has 1 aromatic heterocycles. The third kappa shape index (κ3) is 1.83. The molecule has 1 fully saturated rings. The highest BCUT2D eigenvalue weighted by atomic mass is 16.3. The highest BCUT2D eigenvalue weighted by molar-refractivity contribution is 5.10. The quantitative estimate of drug-likeness (QED) is 0.817. The lowest BCUT2D eigenvalue weighted by molar-refractivity contribution is 0.173. The largest absolute Gasteiger partial charge is 0.468 e. The molecule has 1 aliphatic carbocycles. The van der Waals surface area contributed by atoms with Crippen LogP contribution in [0.4, 0.5) is 0 Å². The Balaban J connectivity index is 2.24. The van der Waals surface area contributed by atoms with Gasteiger partial charge in [0, 0.05) is 0 Å². The van der Waals surface area contributed by atoms with E-state index in [1.165, 1.54) is 32.1 Å². The third-order valence-electron chi connectivity index (χ3n) is 4.03. The molecule has 1 heterocycles. The summed E-state index contributed by atoms with van der Waals surface area (Å²) in [7, 11) is 2.04. The summed E-state index contributed by atoms with van der Waals surface area (Å²) in [6.07, 6.45) is 8.40. The molecule has 1 aromatic rings. The lowest BCUT2D eigenvalue weighted by Gasteiger charge is -2.35. The predicted octanol–water partition coefficient (Wildman–Crippen LogP) is 3.51. The summed E-state index contributed by atoms with van der Waals surface area (Å²) in [6, 6.07) is 4.47. The van der Waals surface area contributed by atoms with Gasteiger partial charge in [-0.05, 0) is 43.9 Å². The van der Waals surface area contributed by atoms with Crippen LogP contribution in [0.5, 0.6) is 0 Å². The zero-order valence-electron chi connectivity index (χ0n) is 9.75. The van der Waals surface area contributed by atoms with Gasteiger partial charge in [0.15, 0.2) is 0 Å². The first kappa shape index (κ1) is 10.7. The Morgan fingerprint density at radius 3 is 2.67 bits per heavy atom. The highest BCUT2D eigenvalue weighted by Gasteiger charge is 2.40. The number of furan rings is 1. The lowest BCUT2D eigenvalue weighted by atomic mass is 9.75. The summed E-state index contributed by atoms with van der Waals surface area (Å²) < 4.78 is 5.56. The van der Waals surface area contributed by atoms with Crippen LogP contribution < -0.4 is 5.32 Å². The van der Waals surface area contributed by atoms with E-state index in [2.05, 4.69) is 18.3 Å². The molecule has 0 radical (unpaired) electrons. The molecular weight excluding hydrogens is 186 g/mol. The smallest absolute Gasteiger partial charge is 0.121 e. The molecule has 1 unspecified atom stereocenters. The number of nitrogens with one attached hydrogen (secondary N) is 1. The van der Waals surface area contributed by atoms with Gasteiger partial charge in [-0.15, -0.1) is 0 Å². The fourth-order valence-electron chi connectivity index (χ4n) is 3.13. The molecule has 2 rings (SSSR count). The molecule has 1 N–H and O–H groups in total. The van der Waals surface area contributed by atoms with Crippen molar-refractivity contribution in [2.45, 2.75) is 45.1 Å². The summed E-state index contributed by atoms with van der Waals surface area (Å²) in [4.78, 5) is 0. The Labute approximate surface area is 92.1 Å². The van der Waals surface area contributed by atoms with Crippen LogP contribution in [-0.2, 0) is 0 Å². The fraction of sp³-hybridized carbons (Fsp3) is 0.692. The van der Waals surface area contributed by atoms with Gasteiger partial charge in [-0.25, -0.2) is 0 Å². The molecule has 0 bridgehead atoms. The van der Waals surface area contributed by atoms with Crippen LogP contribution in [0.1, 0.15) is 50.8 Å². The molecule has 0 aromatic carbocycles. The standard InChI is InChI=1S/C13H21NO/c1-3-13(8-4-5-9-13)12(14-2)11-7-6-10-15-11/h6-7,10,12,14H,3-5,8-9H2,1-2H3. The second-order valence-corrected chi connectivity index (χ2v) is 4.66. The third-order valence-corrected chi connectivity index (χ3v) is 4.03. The van der Waals surface area contributed by atoms with Crippen LogP contribution >= 0.6 is 0 Å². The fourth-order valence-corrected chi connectivity index (χ4v) is 3.13. The van der Waals surface area contributed by atoms with E-state index in [0.29, 0.717) is 11.5 Å². The van der Waals surface area contributed by atoms with Crippen LogP contribution in [0, 0.1) is 5.41 Å². The minimum absolute atomic E-state index is 0.389. The van der Waals surface area contributed by atoms with Crippen molar-refractivity contribution >= 4 is 0 Å². The van der Waals surface area contributed by atoms with Crippen LogP contribution in [-0.4, -0.2) is 7.05 Å². The minimum Gasteiger partial charge on any atom is -0.468 e. The van der Waals surface area contributed by atoms with Crippen molar-refractivity contribution in [3.63, 3.8) is 0 Å². The normalized spacial score (nSPS) is 21.7. The topological polar surface area (TPSA) is 25.2 Å². The van der Waals surface area contributed by atoms with Gasteiger partial charge in [-0.3, -0.25) is 0 Å². The molecule has 0 spiro atoms. The van der Waals surface area contributed by atoms with Crippen LogP contribution in [0.15, 0.2) is 22.8 Å². The molecule has 2 nitrogen and oxygen atoms in total. The van der Waals surface area contributed by atoms with E-state index in [9.17, 15) is 0 Å². The molecule has 84 valence electrons. The maximum Gasteiger partial charge on any atom is 0.121 e. The maximum absolute atomic E-state index is 5.56. The van der Waals surface area contributed by atoms with E-state index in [0.717, 1.165) is 5.76 Å². The van der Waals surface area contributed by atoms with Gasteiger partial charge in [0.2, 0.25) is 0 Å². The molecule has 1 atom stereocenters. The van der Waals surface area contributed by atoms with Gasteiger partial charge in [0.05, 0.1) is 12.3 Å². The zero-order chi connectivity index (χ0) is 10.7. The summed E-state index contributed by atoms with van der Waals surface area (Å²) >= 11 is 0. The van der Waals surface area contributed by atoms with E-state index in [-0.39, 0.29) is 0 Å². The van der Waals surface area contributed by atoms with Crippen LogP contribution in [0.2, 0.25) is 0 Å². The second-order valence-electron chi connectivity index (χ2n) is 4.66. The summed E-state index contributed by atoms with van der Waals surface area (Å²) in [6.45, 7) is 2.30. The Bertz CT molecular complexity index is 285. The summed E-state index contributed by atoms with van der Waals surface area (Å²) in [5, 5.41) is 3.44. The van der Waals surface area contributed by atoms with E-state index in [1.807, 2.05) is 13.1 Å². The minimum atomic E-state index is 0.389. The van der Waals surface area contributed by atoms with Crippen molar-refractivity contribution in [1.82, 2.24) is 5.32 Å². The van der Waals surface area contributed by atoms with Gasteiger partial charge in [0.1, 0.15) is 5.76 Å². The SMILES string of the molecule is CCC1(C(NC)c2ccco2)CCCC1. The average molecular weight is 207 g/mol. The number of hydrogen-bond donors (Lipinski definition) is 1. The Morgan fingerprint density at radius 2 is 2.20 bits per heavy atom. The lowest BCUT2D eigenvalue weighted by Crippen LogP contribution is -2.33. The molecule has 0 aliphatic heterocycles. The number of rotatable bonds is 4. The monoisotopic (exact) mass is 207 g/mol. The van der Waals surface area contributed by atoms with Crippen molar-refractivity contribution in [1.29, 1.82) is 0 Å². The Kier molecular flexibility index (Phi) is 3.15. The summed E-state index contributed by atoms with van der Waals surface area (Å²) in [5.41, 5.74) is 0.423. The molecule has 2 heteroatoms. The van der Waals surface area contributed by atoms with E-state index in [1.54, 1.807) is 6.26 Å². The number of hydrogen-bond acceptors (Lipinski definition) is 2. The summed E-state index contributed by atoms with van der Waals surface area (Å²) in [5.74, 6) is 1.10. The van der Waals surface area contributed by atoms with E-state index < -0.39 is 0 Å². The van der Waals surface area contributed by atoms with Gasteiger partial charge in [-0.2, -0.15) is 0 Å². The second kappa shape index (κ2) is 4.40. The van der Waals surface area contributed by atoms with Crippen molar-refractivity contribution < 1.29 is 4.42 Å². The van der Waals surface area contributed by atoms with Crippen molar-refractivity contribution in [2.24, 2.45) is 5.41 Å². The highest BCUT2D eigenvalue weighted by Crippen LogP contribution is 2.49. The Hall–Kier alpha value is -0.760. The molecule has 0 saturated heterocycles. The predicted molar refractivity (Wildman–Crippen MR) is 61.7 cm³/mol. The van der Waals surface area contributed by atoms with Gasteiger partial charge < -0.3 is 9.73 Å². The molecule has 0 amide bonds. The Morgan fingerprint density at radius 1 is 1.47 bits per heavy atom. The first-order valence-corrected chi connectivity index (χ1v) is 6.03. The molecule has 1 aliphatic rings. The van der Waals surface area contributed by atoms with E-state index in [4.69, 9.17) is 4.42 Å². The maximum atomic E-state index is 5.56. The van der Waals surface area contributed by atoms with Gasteiger partial charge >= 0.3 is 0 Å². The van der Waals surface area contributed by atoms with Crippen LogP contribution in [0.3, 0.4) is 0 Å². The van der Waals surface area contributed by atoms with Gasteiger partial charge in [0.25, 0.3) is 0 Å². The van der Waals surface area contributed by atoms with E-state index >= 15 is 0 Å². The van der Waals surface area contributed by atoms with Gasteiger partial charge in [-0.1, -0.05) is 19.8 Å². The van der Waals surface area contributed by atoms with Crippen molar-refractivity contribution in [3.8, 4) is 0 Å². The molecule has 15 heavy (non-hydrogen) atoms.